The van der Waals surface area contributed by atoms with Gasteiger partial charge in [0.15, 0.2) is 0 Å². The molecule has 1 heterocycles. The van der Waals surface area contributed by atoms with Crippen molar-refractivity contribution in [2.45, 2.75) is 31.7 Å². The number of carbonyl (C=O) groups excluding carboxylic acids is 2. The highest BCUT2D eigenvalue weighted by atomic mass is 16.5. The summed E-state index contributed by atoms with van der Waals surface area (Å²) in [5.41, 5.74) is 1.62. The Morgan fingerprint density at radius 3 is 2.60 bits per heavy atom. The molecular weight excluding hydrogens is 386 g/mol. The van der Waals surface area contributed by atoms with Crippen LogP contribution in [-0.2, 0) is 22.7 Å². The third-order valence-electron chi connectivity index (χ3n) is 4.96. The zero-order chi connectivity index (χ0) is 21.5. The van der Waals surface area contributed by atoms with Crippen molar-refractivity contribution in [2.75, 3.05) is 14.2 Å². The Kier molecular flexibility index (Phi) is 6.75. The Morgan fingerprint density at radius 1 is 1.17 bits per heavy atom. The second-order valence-corrected chi connectivity index (χ2v) is 6.76. The number of alkyl carbamates (subject to hydrolysis) is 1. The molecule has 1 saturated heterocycles. The molecule has 30 heavy (non-hydrogen) atoms. The van der Waals surface area contributed by atoms with E-state index in [9.17, 15) is 14.9 Å². The predicted octanol–water partition coefficient (Wildman–Crippen LogP) is 2.62. The first-order chi connectivity index (χ1) is 14.6. The average Bonchev–Trinajstić information content (AvgIpc) is 2.79. The fraction of sp³-hybridized carbons (Fsp3) is 0.318. The topological polar surface area (TPSA) is 101 Å². The largest absolute Gasteiger partial charge is 0.497 e. The van der Waals surface area contributed by atoms with Crippen LogP contribution >= 0.6 is 0 Å². The zero-order valence-corrected chi connectivity index (χ0v) is 16.8. The number of methoxy groups -OCH3 is 2. The Hall–Kier alpha value is -3.73. The van der Waals surface area contributed by atoms with Crippen molar-refractivity contribution in [1.29, 1.82) is 5.26 Å². The predicted molar refractivity (Wildman–Crippen MR) is 108 cm³/mol. The third-order valence-corrected chi connectivity index (χ3v) is 4.96. The second-order valence-electron chi connectivity index (χ2n) is 6.76. The highest BCUT2D eigenvalue weighted by Gasteiger charge is 2.48. The molecule has 1 N–H and O–H groups in total. The average molecular weight is 409 g/mol. The van der Waals surface area contributed by atoms with Gasteiger partial charge in [0, 0.05) is 18.2 Å². The zero-order valence-electron chi connectivity index (χ0n) is 16.8. The molecule has 0 aliphatic carbocycles. The highest BCUT2D eigenvalue weighted by molar-refractivity contribution is 5.92. The van der Waals surface area contributed by atoms with E-state index in [1.807, 2.05) is 36.4 Å². The highest BCUT2D eigenvalue weighted by Crippen LogP contribution is 2.31. The number of nitrogens with zero attached hydrogens (tertiary/aromatic N) is 2. The summed E-state index contributed by atoms with van der Waals surface area (Å²) in [7, 11) is 3.10. The normalized spacial score (nSPS) is 17.5. The standard InChI is InChI=1S/C22H23N3O5/c1-28-17-9-8-16(19(12-17)29-2)13-25-18(10-11-23)20(21(25)26)24-22(27)30-14-15-6-4-3-5-7-15/h3-9,12,18,20H,10,13-14H2,1-2H3,(H,24,27). The first kappa shape index (κ1) is 21.0. The van der Waals surface area contributed by atoms with Crippen LogP contribution in [0.15, 0.2) is 48.5 Å². The van der Waals surface area contributed by atoms with Crippen molar-refractivity contribution in [3.05, 3.63) is 59.7 Å². The maximum atomic E-state index is 12.7. The summed E-state index contributed by atoms with van der Waals surface area (Å²) < 4.78 is 15.8. The van der Waals surface area contributed by atoms with Crippen LogP contribution in [0.1, 0.15) is 17.5 Å². The quantitative estimate of drug-likeness (QED) is 0.673. The van der Waals surface area contributed by atoms with Gasteiger partial charge >= 0.3 is 6.09 Å². The van der Waals surface area contributed by atoms with E-state index in [4.69, 9.17) is 14.2 Å². The molecule has 2 aromatic carbocycles. The minimum Gasteiger partial charge on any atom is -0.497 e. The van der Waals surface area contributed by atoms with Gasteiger partial charge in [0.2, 0.25) is 5.91 Å². The summed E-state index contributed by atoms with van der Waals surface area (Å²) in [5, 5.41) is 11.8. The Balaban J connectivity index is 1.62. The van der Waals surface area contributed by atoms with Crippen LogP contribution < -0.4 is 14.8 Å². The fourth-order valence-electron chi connectivity index (χ4n) is 3.34. The molecule has 0 radical (unpaired) electrons. The van der Waals surface area contributed by atoms with E-state index in [1.165, 1.54) is 7.11 Å². The van der Waals surface area contributed by atoms with E-state index in [2.05, 4.69) is 11.4 Å². The van der Waals surface area contributed by atoms with E-state index in [0.29, 0.717) is 11.5 Å². The number of benzene rings is 2. The molecule has 1 aliphatic rings. The van der Waals surface area contributed by atoms with Gasteiger partial charge in [0.1, 0.15) is 24.1 Å². The lowest BCUT2D eigenvalue weighted by molar-refractivity contribution is -0.151. The molecule has 0 saturated carbocycles. The lowest BCUT2D eigenvalue weighted by Gasteiger charge is -2.46. The first-order valence-electron chi connectivity index (χ1n) is 9.43. The van der Waals surface area contributed by atoms with Crippen molar-refractivity contribution in [1.82, 2.24) is 10.2 Å². The number of hydrogen-bond donors (Lipinski definition) is 1. The fourth-order valence-corrected chi connectivity index (χ4v) is 3.34. The molecule has 0 aromatic heterocycles. The van der Waals surface area contributed by atoms with Gasteiger partial charge in [0.25, 0.3) is 0 Å². The summed E-state index contributed by atoms with van der Waals surface area (Å²) in [4.78, 5) is 26.3. The SMILES string of the molecule is COc1ccc(CN2C(=O)C(NC(=O)OCc3ccccc3)C2CC#N)c(OC)c1. The van der Waals surface area contributed by atoms with Crippen LogP contribution in [0.5, 0.6) is 11.5 Å². The smallest absolute Gasteiger partial charge is 0.408 e. The summed E-state index contributed by atoms with van der Waals surface area (Å²) in [6.07, 6.45) is -0.602. The van der Waals surface area contributed by atoms with Gasteiger partial charge in [0.05, 0.1) is 32.8 Å². The van der Waals surface area contributed by atoms with Gasteiger partial charge in [-0.2, -0.15) is 5.26 Å². The Morgan fingerprint density at radius 2 is 1.93 bits per heavy atom. The molecule has 0 spiro atoms. The van der Waals surface area contributed by atoms with Crippen LogP contribution in [0.4, 0.5) is 4.79 Å². The molecule has 3 rings (SSSR count). The van der Waals surface area contributed by atoms with Crippen LogP contribution in [0.3, 0.4) is 0 Å². The van der Waals surface area contributed by atoms with Gasteiger partial charge in [-0.05, 0) is 17.7 Å². The Labute approximate surface area is 174 Å². The number of hydrogen-bond acceptors (Lipinski definition) is 6. The first-order valence-corrected chi connectivity index (χ1v) is 9.43. The van der Waals surface area contributed by atoms with E-state index >= 15 is 0 Å². The second kappa shape index (κ2) is 9.65. The molecule has 1 aliphatic heterocycles. The van der Waals surface area contributed by atoms with Crippen LogP contribution in [0.25, 0.3) is 0 Å². The monoisotopic (exact) mass is 409 g/mol. The minimum atomic E-state index is -0.794. The number of likely N-dealkylation sites (tertiary alicyclic amines) is 1. The number of nitrogens with one attached hydrogen (secondary N) is 1. The summed E-state index contributed by atoms with van der Waals surface area (Å²) in [6.45, 7) is 0.360. The number of nitriles is 1. The Bertz CT molecular complexity index is 942. The molecule has 1 fully saturated rings. The van der Waals surface area contributed by atoms with Crippen molar-refractivity contribution in [2.24, 2.45) is 0 Å². The van der Waals surface area contributed by atoms with Gasteiger partial charge in [-0.15, -0.1) is 0 Å². The van der Waals surface area contributed by atoms with Crippen molar-refractivity contribution in [3.63, 3.8) is 0 Å². The number of amides is 2. The molecular formula is C22H23N3O5. The molecule has 0 bridgehead atoms. The maximum Gasteiger partial charge on any atom is 0.408 e. The lowest BCUT2D eigenvalue weighted by Crippen LogP contribution is -2.70. The van der Waals surface area contributed by atoms with E-state index < -0.39 is 18.2 Å². The number of carbonyl (C=O) groups is 2. The lowest BCUT2D eigenvalue weighted by atomic mass is 9.91. The van der Waals surface area contributed by atoms with E-state index in [1.54, 1.807) is 24.1 Å². The molecule has 8 heteroatoms. The molecule has 2 amide bonds. The summed E-state index contributed by atoms with van der Waals surface area (Å²) in [6, 6.07) is 15.4. The van der Waals surface area contributed by atoms with Gasteiger partial charge < -0.3 is 24.4 Å². The molecule has 2 atom stereocenters. The van der Waals surface area contributed by atoms with Crippen LogP contribution in [0.2, 0.25) is 0 Å². The van der Waals surface area contributed by atoms with Gasteiger partial charge in [-0.1, -0.05) is 30.3 Å². The van der Waals surface area contributed by atoms with Gasteiger partial charge in [-0.3, -0.25) is 4.79 Å². The van der Waals surface area contributed by atoms with Crippen LogP contribution in [-0.4, -0.2) is 43.2 Å². The van der Waals surface area contributed by atoms with E-state index in [0.717, 1.165) is 11.1 Å². The molecule has 8 nitrogen and oxygen atoms in total. The molecule has 2 aromatic rings. The number of β-lactam (4-membered cyclic amide) rings is 1. The molecule has 156 valence electrons. The molecule has 2 unspecified atom stereocenters. The van der Waals surface area contributed by atoms with Gasteiger partial charge in [-0.25, -0.2) is 4.79 Å². The van der Waals surface area contributed by atoms with Crippen molar-refractivity contribution >= 4 is 12.0 Å². The minimum absolute atomic E-state index is 0.0911. The van der Waals surface area contributed by atoms with Crippen LogP contribution in [0, 0.1) is 11.3 Å². The maximum absolute atomic E-state index is 12.7. The summed E-state index contributed by atoms with van der Waals surface area (Å²) in [5.74, 6) is 0.945. The third kappa shape index (κ3) is 4.63. The number of rotatable bonds is 8. The van der Waals surface area contributed by atoms with E-state index in [-0.39, 0.29) is 25.5 Å². The van der Waals surface area contributed by atoms with Crippen molar-refractivity contribution < 1.29 is 23.8 Å². The van der Waals surface area contributed by atoms with Crippen molar-refractivity contribution in [3.8, 4) is 17.6 Å². The summed E-state index contributed by atoms with van der Waals surface area (Å²) >= 11 is 0. The number of ether oxygens (including phenoxy) is 3.